The molecule has 0 spiro atoms. The molecule has 0 fully saturated rings. The molecule has 7 heteroatoms. The van der Waals surface area contributed by atoms with Crippen LogP contribution in [0.1, 0.15) is 54.9 Å². The summed E-state index contributed by atoms with van der Waals surface area (Å²) < 4.78 is 27.4. The topological polar surface area (TPSA) is 83.5 Å². The number of ether oxygens (including phenoxy) is 5. The first-order chi connectivity index (χ1) is 12.6. The molecule has 0 aliphatic heterocycles. The van der Waals surface area contributed by atoms with E-state index in [0.717, 1.165) is 0 Å². The Morgan fingerprint density at radius 2 is 1.44 bits per heavy atom. The van der Waals surface area contributed by atoms with Crippen molar-refractivity contribution in [3.8, 4) is 23.0 Å². The molecule has 0 saturated heterocycles. The van der Waals surface area contributed by atoms with Crippen LogP contribution in [0, 0.1) is 5.41 Å². The van der Waals surface area contributed by atoms with Gasteiger partial charge in [0, 0.05) is 25.3 Å². The number of carbonyl (C=O) groups excluding carboxylic acids is 1. The number of esters is 1. The summed E-state index contributed by atoms with van der Waals surface area (Å²) in [7, 11) is 0. The van der Waals surface area contributed by atoms with Crippen LogP contribution in [-0.2, 0) is 14.3 Å². The number of aromatic hydroxyl groups is 1. The average Bonchev–Trinajstić information content (AvgIpc) is 2.59. The fraction of sp³-hybridized carbons (Fsp3) is 0.650. The van der Waals surface area contributed by atoms with Crippen LogP contribution in [0.25, 0.3) is 0 Å². The van der Waals surface area contributed by atoms with Crippen molar-refractivity contribution in [1.82, 2.24) is 0 Å². The molecular formula is C20H32O7. The van der Waals surface area contributed by atoms with Crippen LogP contribution in [0.5, 0.6) is 23.0 Å². The minimum Gasteiger partial charge on any atom is -0.502 e. The Morgan fingerprint density at radius 3 is 1.81 bits per heavy atom. The first-order valence-electron chi connectivity index (χ1n) is 9.30. The summed E-state index contributed by atoms with van der Waals surface area (Å²) in [5.74, 6) is -0.216. The van der Waals surface area contributed by atoms with Gasteiger partial charge in [-0.2, -0.15) is 0 Å². The highest BCUT2D eigenvalue weighted by Crippen LogP contribution is 2.42. The fourth-order valence-corrected chi connectivity index (χ4v) is 2.08. The second-order valence-corrected chi connectivity index (χ2v) is 6.68. The van der Waals surface area contributed by atoms with Crippen molar-refractivity contribution in [2.75, 3.05) is 13.2 Å². The van der Waals surface area contributed by atoms with Crippen LogP contribution in [0.15, 0.2) is 12.1 Å². The van der Waals surface area contributed by atoms with Crippen molar-refractivity contribution in [2.45, 2.75) is 67.5 Å². The van der Waals surface area contributed by atoms with Crippen molar-refractivity contribution in [3.05, 3.63) is 12.1 Å². The number of rotatable bonds is 11. The summed E-state index contributed by atoms with van der Waals surface area (Å²) in [5.41, 5.74) is -0.642. The van der Waals surface area contributed by atoms with Gasteiger partial charge < -0.3 is 28.8 Å². The van der Waals surface area contributed by atoms with Crippen LogP contribution in [-0.4, -0.2) is 36.9 Å². The highest BCUT2D eigenvalue weighted by atomic mass is 16.7. The zero-order chi connectivity index (χ0) is 20.6. The van der Waals surface area contributed by atoms with E-state index in [1.54, 1.807) is 27.7 Å². The van der Waals surface area contributed by atoms with Crippen LogP contribution in [0.2, 0.25) is 0 Å². The van der Waals surface area contributed by atoms with Crippen molar-refractivity contribution in [2.24, 2.45) is 5.41 Å². The molecule has 1 aromatic rings. The van der Waals surface area contributed by atoms with E-state index in [0.29, 0.717) is 19.6 Å². The minimum absolute atomic E-state index is 0.0919. The van der Waals surface area contributed by atoms with Crippen molar-refractivity contribution < 1.29 is 33.6 Å². The van der Waals surface area contributed by atoms with E-state index < -0.39 is 18.0 Å². The third-order valence-corrected chi connectivity index (χ3v) is 4.05. The molecule has 2 unspecified atom stereocenters. The Labute approximate surface area is 161 Å². The molecule has 0 heterocycles. The maximum Gasteiger partial charge on any atom is 0.316 e. The Morgan fingerprint density at radius 1 is 1.00 bits per heavy atom. The maximum atomic E-state index is 12.4. The largest absolute Gasteiger partial charge is 0.502 e. The molecule has 0 aromatic heterocycles. The molecule has 0 saturated carbocycles. The summed E-state index contributed by atoms with van der Waals surface area (Å²) in [4.78, 5) is 12.4. The van der Waals surface area contributed by atoms with Gasteiger partial charge in [-0.1, -0.05) is 6.92 Å². The van der Waals surface area contributed by atoms with Crippen LogP contribution >= 0.6 is 0 Å². The molecule has 1 N–H and O–H groups in total. The quantitative estimate of drug-likeness (QED) is 0.347. The Hall–Kier alpha value is -1.99. The third kappa shape index (κ3) is 6.92. The molecule has 0 amide bonds. The standard InChI is InChI=1S/C20H32O7/c1-8-20(6,7)19(22)27-15-11-16(25-13(4)23-9-2)18(21)17(12-15)26-14(5)24-10-3/h11-14,21H,8-10H2,1-7H3. The number of phenols is 1. The summed E-state index contributed by atoms with van der Waals surface area (Å²) in [5, 5.41) is 10.5. The predicted octanol–water partition coefficient (Wildman–Crippen LogP) is 4.26. The second-order valence-electron chi connectivity index (χ2n) is 6.68. The van der Waals surface area contributed by atoms with E-state index in [-0.39, 0.29) is 29.0 Å². The lowest BCUT2D eigenvalue weighted by Crippen LogP contribution is -2.28. The second kappa shape index (κ2) is 10.4. The van der Waals surface area contributed by atoms with E-state index in [2.05, 4.69) is 0 Å². The van der Waals surface area contributed by atoms with Gasteiger partial charge in [-0.3, -0.25) is 4.79 Å². The summed E-state index contributed by atoms with van der Waals surface area (Å²) in [6, 6.07) is 2.87. The first-order valence-corrected chi connectivity index (χ1v) is 9.30. The highest BCUT2D eigenvalue weighted by Gasteiger charge is 2.28. The van der Waals surface area contributed by atoms with Crippen molar-refractivity contribution in [3.63, 3.8) is 0 Å². The average molecular weight is 384 g/mol. The van der Waals surface area contributed by atoms with Crippen LogP contribution < -0.4 is 14.2 Å². The SMILES string of the molecule is CCOC(C)Oc1cc(OC(=O)C(C)(C)CC)cc(OC(C)OCC)c1O. The number of phenolic OH excluding ortho intramolecular Hbond substituents is 1. The normalized spacial score (nSPS) is 13.7. The number of benzene rings is 1. The zero-order valence-electron chi connectivity index (χ0n) is 17.3. The fourth-order valence-electron chi connectivity index (χ4n) is 2.08. The van der Waals surface area contributed by atoms with E-state index in [1.165, 1.54) is 12.1 Å². The molecule has 1 rings (SSSR count). The zero-order valence-corrected chi connectivity index (χ0v) is 17.3. The summed E-state index contributed by atoms with van der Waals surface area (Å²) in [6.07, 6.45) is -0.577. The lowest BCUT2D eigenvalue weighted by molar-refractivity contribution is -0.144. The molecule has 0 radical (unpaired) electrons. The Kier molecular flexibility index (Phi) is 8.85. The molecule has 154 valence electrons. The number of hydrogen-bond acceptors (Lipinski definition) is 7. The Bertz CT molecular complexity index is 577. The highest BCUT2D eigenvalue weighted by molar-refractivity contribution is 5.78. The van der Waals surface area contributed by atoms with E-state index in [1.807, 2.05) is 20.8 Å². The van der Waals surface area contributed by atoms with E-state index in [4.69, 9.17) is 23.7 Å². The molecule has 0 aliphatic carbocycles. The molecule has 27 heavy (non-hydrogen) atoms. The van der Waals surface area contributed by atoms with Gasteiger partial charge in [-0.05, 0) is 48.0 Å². The predicted molar refractivity (Wildman–Crippen MR) is 101 cm³/mol. The van der Waals surface area contributed by atoms with Crippen LogP contribution in [0.4, 0.5) is 0 Å². The molecule has 0 bridgehead atoms. The Balaban J connectivity index is 3.19. The van der Waals surface area contributed by atoms with Crippen LogP contribution in [0.3, 0.4) is 0 Å². The van der Waals surface area contributed by atoms with Gasteiger partial charge in [0.1, 0.15) is 5.75 Å². The van der Waals surface area contributed by atoms with Gasteiger partial charge in [0.25, 0.3) is 0 Å². The van der Waals surface area contributed by atoms with Gasteiger partial charge in [0.05, 0.1) is 5.41 Å². The lowest BCUT2D eigenvalue weighted by atomic mass is 9.91. The van der Waals surface area contributed by atoms with Gasteiger partial charge in [-0.25, -0.2) is 0 Å². The summed E-state index contributed by atoms with van der Waals surface area (Å²) >= 11 is 0. The number of carbonyl (C=O) groups is 1. The first kappa shape index (κ1) is 23.0. The maximum absolute atomic E-state index is 12.4. The minimum atomic E-state index is -0.642. The van der Waals surface area contributed by atoms with Crippen molar-refractivity contribution >= 4 is 5.97 Å². The number of hydrogen-bond donors (Lipinski definition) is 1. The van der Waals surface area contributed by atoms with Gasteiger partial charge in [0.2, 0.25) is 5.75 Å². The molecule has 7 nitrogen and oxygen atoms in total. The molecule has 2 atom stereocenters. The third-order valence-electron chi connectivity index (χ3n) is 4.05. The van der Waals surface area contributed by atoms with Crippen molar-refractivity contribution in [1.29, 1.82) is 0 Å². The lowest BCUT2D eigenvalue weighted by Gasteiger charge is -2.22. The van der Waals surface area contributed by atoms with Gasteiger partial charge >= 0.3 is 5.97 Å². The molecule has 0 aliphatic rings. The smallest absolute Gasteiger partial charge is 0.316 e. The molecular weight excluding hydrogens is 352 g/mol. The summed E-state index contributed by atoms with van der Waals surface area (Å²) in [6.45, 7) is 13.5. The van der Waals surface area contributed by atoms with Gasteiger partial charge in [-0.15, -0.1) is 0 Å². The molecule has 1 aromatic carbocycles. The monoisotopic (exact) mass is 384 g/mol. The van der Waals surface area contributed by atoms with E-state index in [9.17, 15) is 9.90 Å². The van der Waals surface area contributed by atoms with Gasteiger partial charge in [0.15, 0.2) is 24.1 Å². The van der Waals surface area contributed by atoms with E-state index >= 15 is 0 Å².